The van der Waals surface area contributed by atoms with Crippen molar-refractivity contribution in [2.24, 2.45) is 0 Å². The molecule has 0 atom stereocenters. The van der Waals surface area contributed by atoms with E-state index in [4.69, 9.17) is 5.73 Å². The zero-order valence-corrected chi connectivity index (χ0v) is 12.1. The van der Waals surface area contributed by atoms with Gasteiger partial charge in [-0.05, 0) is 45.1 Å². The van der Waals surface area contributed by atoms with Gasteiger partial charge in [0.2, 0.25) is 0 Å². The van der Waals surface area contributed by atoms with E-state index >= 15 is 0 Å². The number of likely N-dealkylation sites (N-methyl/N-ethyl adjacent to an activating group) is 1. The van der Waals surface area contributed by atoms with Gasteiger partial charge in [0.05, 0.1) is 5.56 Å². The van der Waals surface area contributed by atoms with Crippen LogP contribution in [0, 0.1) is 5.82 Å². The molecule has 0 bridgehead atoms. The summed E-state index contributed by atoms with van der Waals surface area (Å²) in [5.74, 6) is -0.761. The molecular weight excluding hydrogens is 257 g/mol. The summed E-state index contributed by atoms with van der Waals surface area (Å²) in [5, 5.41) is 2.90. The zero-order chi connectivity index (χ0) is 14.8. The first-order valence-corrected chi connectivity index (χ1v) is 6.95. The van der Waals surface area contributed by atoms with Crippen molar-refractivity contribution in [3.8, 4) is 0 Å². The second-order valence-electron chi connectivity index (χ2n) is 5.74. The second kappa shape index (κ2) is 5.79. The van der Waals surface area contributed by atoms with E-state index in [0.29, 0.717) is 12.2 Å². The Kier molecular flexibility index (Phi) is 4.28. The molecule has 0 saturated heterocycles. The number of rotatable bonds is 4. The van der Waals surface area contributed by atoms with Crippen molar-refractivity contribution in [3.05, 3.63) is 29.6 Å². The van der Waals surface area contributed by atoms with Crippen LogP contribution in [0.1, 0.15) is 36.0 Å². The van der Waals surface area contributed by atoms with E-state index in [2.05, 4.69) is 10.2 Å². The summed E-state index contributed by atoms with van der Waals surface area (Å²) in [6.45, 7) is 0.564. The molecule has 1 saturated carbocycles. The van der Waals surface area contributed by atoms with Crippen LogP contribution in [-0.2, 0) is 0 Å². The normalized spacial score (nSPS) is 17.4. The maximum atomic E-state index is 13.2. The van der Waals surface area contributed by atoms with Crippen LogP contribution in [-0.4, -0.2) is 37.0 Å². The summed E-state index contributed by atoms with van der Waals surface area (Å²) in [5.41, 5.74) is 6.25. The summed E-state index contributed by atoms with van der Waals surface area (Å²) in [7, 11) is 4.07. The van der Waals surface area contributed by atoms with Crippen molar-refractivity contribution in [3.63, 3.8) is 0 Å². The lowest BCUT2D eigenvalue weighted by Gasteiger charge is -2.36. The molecule has 2 rings (SSSR count). The molecule has 0 unspecified atom stereocenters. The molecule has 0 spiro atoms. The van der Waals surface area contributed by atoms with E-state index in [0.717, 1.165) is 12.8 Å². The van der Waals surface area contributed by atoms with Crippen LogP contribution in [0.2, 0.25) is 0 Å². The molecule has 3 N–H and O–H groups in total. The van der Waals surface area contributed by atoms with Gasteiger partial charge in [-0.1, -0.05) is 12.8 Å². The van der Waals surface area contributed by atoms with Gasteiger partial charge >= 0.3 is 0 Å². The fraction of sp³-hybridized carbons (Fsp3) is 0.533. The first kappa shape index (κ1) is 14.8. The SMILES string of the molecule is CN(C)C1(CNC(=O)c2cc(F)ccc2N)CCCC1. The van der Waals surface area contributed by atoms with Crippen LogP contribution >= 0.6 is 0 Å². The van der Waals surface area contributed by atoms with Crippen LogP contribution in [0.5, 0.6) is 0 Å². The highest BCUT2D eigenvalue weighted by Crippen LogP contribution is 2.33. The molecule has 0 heterocycles. The van der Waals surface area contributed by atoms with Crippen molar-refractivity contribution in [2.45, 2.75) is 31.2 Å². The van der Waals surface area contributed by atoms with Crippen molar-refractivity contribution < 1.29 is 9.18 Å². The van der Waals surface area contributed by atoms with Crippen molar-refractivity contribution >= 4 is 11.6 Å². The molecule has 1 aliphatic carbocycles. The monoisotopic (exact) mass is 279 g/mol. The lowest BCUT2D eigenvalue weighted by atomic mass is 9.96. The molecule has 5 heteroatoms. The van der Waals surface area contributed by atoms with Gasteiger partial charge in [0.1, 0.15) is 5.82 Å². The fourth-order valence-electron chi connectivity index (χ4n) is 2.88. The zero-order valence-electron chi connectivity index (χ0n) is 12.1. The number of anilines is 1. The van der Waals surface area contributed by atoms with Crippen LogP contribution in [0.4, 0.5) is 10.1 Å². The Bertz CT molecular complexity index is 496. The Morgan fingerprint density at radius 2 is 2.05 bits per heavy atom. The summed E-state index contributed by atoms with van der Waals surface area (Å²) in [6, 6.07) is 3.85. The smallest absolute Gasteiger partial charge is 0.253 e. The standard InChI is InChI=1S/C15H22FN3O/c1-19(2)15(7-3-4-8-15)10-18-14(20)12-9-11(16)5-6-13(12)17/h5-6,9H,3-4,7-8,10,17H2,1-2H3,(H,18,20). The van der Waals surface area contributed by atoms with Gasteiger partial charge in [0, 0.05) is 17.8 Å². The molecule has 4 nitrogen and oxygen atoms in total. The van der Waals surface area contributed by atoms with Gasteiger partial charge < -0.3 is 16.0 Å². The quantitative estimate of drug-likeness (QED) is 0.829. The molecule has 1 amide bonds. The Morgan fingerprint density at radius 1 is 1.40 bits per heavy atom. The molecular formula is C15H22FN3O. The Hall–Kier alpha value is -1.62. The molecule has 1 aromatic rings. The van der Waals surface area contributed by atoms with Crippen LogP contribution < -0.4 is 11.1 Å². The molecule has 0 aromatic heterocycles. The minimum atomic E-state index is -0.451. The molecule has 1 aliphatic rings. The topological polar surface area (TPSA) is 58.4 Å². The number of carbonyl (C=O) groups excluding carboxylic acids is 1. The largest absolute Gasteiger partial charge is 0.398 e. The van der Waals surface area contributed by atoms with Crippen LogP contribution in [0.25, 0.3) is 0 Å². The molecule has 1 aromatic carbocycles. The first-order chi connectivity index (χ1) is 9.44. The van der Waals surface area contributed by atoms with E-state index in [1.165, 1.54) is 31.0 Å². The number of hydrogen-bond donors (Lipinski definition) is 2. The van der Waals surface area contributed by atoms with Gasteiger partial charge in [-0.3, -0.25) is 4.79 Å². The number of amides is 1. The number of nitrogens with two attached hydrogens (primary N) is 1. The predicted molar refractivity (Wildman–Crippen MR) is 78.0 cm³/mol. The number of nitrogen functional groups attached to an aromatic ring is 1. The number of carbonyl (C=O) groups is 1. The van der Waals surface area contributed by atoms with E-state index in [1.807, 2.05) is 14.1 Å². The lowest BCUT2D eigenvalue weighted by Crippen LogP contribution is -2.50. The molecule has 0 radical (unpaired) electrons. The fourth-order valence-corrected chi connectivity index (χ4v) is 2.88. The highest BCUT2D eigenvalue weighted by Gasteiger charge is 2.36. The summed E-state index contributed by atoms with van der Waals surface area (Å²) >= 11 is 0. The minimum Gasteiger partial charge on any atom is -0.398 e. The highest BCUT2D eigenvalue weighted by molar-refractivity contribution is 5.99. The molecule has 110 valence electrons. The Balaban J connectivity index is 2.06. The van der Waals surface area contributed by atoms with E-state index in [1.54, 1.807) is 0 Å². The predicted octanol–water partition coefficient (Wildman–Crippen LogP) is 2.01. The van der Waals surface area contributed by atoms with E-state index in [9.17, 15) is 9.18 Å². The minimum absolute atomic E-state index is 0.0117. The van der Waals surface area contributed by atoms with Gasteiger partial charge in [0.15, 0.2) is 0 Å². The van der Waals surface area contributed by atoms with Crippen LogP contribution in [0.15, 0.2) is 18.2 Å². The second-order valence-corrected chi connectivity index (χ2v) is 5.74. The van der Waals surface area contributed by atoms with Crippen molar-refractivity contribution in [2.75, 3.05) is 26.4 Å². The maximum Gasteiger partial charge on any atom is 0.253 e. The van der Waals surface area contributed by atoms with Gasteiger partial charge in [-0.15, -0.1) is 0 Å². The highest BCUT2D eigenvalue weighted by atomic mass is 19.1. The Morgan fingerprint density at radius 3 is 2.65 bits per heavy atom. The number of halogens is 1. The third kappa shape index (κ3) is 2.93. The third-order valence-electron chi connectivity index (χ3n) is 4.32. The van der Waals surface area contributed by atoms with E-state index < -0.39 is 5.82 Å². The lowest BCUT2D eigenvalue weighted by molar-refractivity contribution is 0.0900. The molecule has 0 aliphatic heterocycles. The summed E-state index contributed by atoms with van der Waals surface area (Å²) < 4.78 is 13.2. The summed E-state index contributed by atoms with van der Waals surface area (Å²) in [4.78, 5) is 14.3. The van der Waals surface area contributed by atoms with Gasteiger partial charge in [0.25, 0.3) is 5.91 Å². The molecule has 20 heavy (non-hydrogen) atoms. The average molecular weight is 279 g/mol. The van der Waals surface area contributed by atoms with Gasteiger partial charge in [-0.25, -0.2) is 4.39 Å². The van der Waals surface area contributed by atoms with Crippen molar-refractivity contribution in [1.29, 1.82) is 0 Å². The van der Waals surface area contributed by atoms with Crippen molar-refractivity contribution in [1.82, 2.24) is 10.2 Å². The number of nitrogens with one attached hydrogen (secondary N) is 1. The third-order valence-corrected chi connectivity index (χ3v) is 4.32. The Labute approximate surface area is 119 Å². The number of nitrogens with zero attached hydrogens (tertiary/aromatic N) is 1. The number of benzene rings is 1. The van der Waals surface area contributed by atoms with Gasteiger partial charge in [-0.2, -0.15) is 0 Å². The maximum absolute atomic E-state index is 13.2. The van der Waals surface area contributed by atoms with E-state index in [-0.39, 0.29) is 17.0 Å². The first-order valence-electron chi connectivity index (χ1n) is 6.95. The summed E-state index contributed by atoms with van der Waals surface area (Å²) in [6.07, 6.45) is 4.49. The molecule has 1 fully saturated rings. The average Bonchev–Trinajstić information content (AvgIpc) is 2.89. The van der Waals surface area contributed by atoms with Crippen LogP contribution in [0.3, 0.4) is 0 Å². The number of hydrogen-bond acceptors (Lipinski definition) is 3.